The predicted molar refractivity (Wildman–Crippen MR) is 122 cm³/mol. The Morgan fingerprint density at radius 1 is 1.00 bits per heavy atom. The van der Waals surface area contributed by atoms with E-state index in [4.69, 9.17) is 4.74 Å². The van der Waals surface area contributed by atoms with E-state index in [1.54, 1.807) is 12.1 Å². The number of rotatable bonds is 6. The molecule has 3 aromatic rings. The molecule has 1 aliphatic heterocycles. The molecule has 3 aromatic carbocycles. The molecule has 4 nitrogen and oxygen atoms in total. The number of amides is 1. The Morgan fingerprint density at radius 2 is 1.80 bits per heavy atom. The normalized spacial score (nSPS) is 16.2. The molecule has 1 amide bonds. The Morgan fingerprint density at radius 3 is 2.57 bits per heavy atom. The van der Waals surface area contributed by atoms with E-state index in [1.807, 2.05) is 54.6 Å². The van der Waals surface area contributed by atoms with E-state index < -0.39 is 0 Å². The molecule has 0 saturated carbocycles. The van der Waals surface area contributed by atoms with Gasteiger partial charge in [-0.05, 0) is 74.2 Å². The summed E-state index contributed by atoms with van der Waals surface area (Å²) >= 11 is 0. The number of anilines is 2. The number of nitrogens with zero attached hydrogens (tertiary/aromatic N) is 1. The second-order valence-corrected chi connectivity index (χ2v) is 7.84. The monoisotopic (exact) mass is 400 g/mol. The average Bonchev–Trinajstić information content (AvgIpc) is 2.79. The third-order valence-corrected chi connectivity index (χ3v) is 5.60. The number of ether oxygens (including phenoxy) is 1. The van der Waals surface area contributed by atoms with Crippen molar-refractivity contribution in [3.63, 3.8) is 0 Å². The molecule has 1 atom stereocenters. The first-order chi connectivity index (χ1) is 14.7. The Kier molecular flexibility index (Phi) is 6.33. The van der Waals surface area contributed by atoms with E-state index in [2.05, 4.69) is 29.3 Å². The first-order valence-electron chi connectivity index (χ1n) is 10.6. The van der Waals surface area contributed by atoms with Crippen molar-refractivity contribution >= 4 is 17.3 Å². The quantitative estimate of drug-likeness (QED) is 0.560. The molecule has 0 aliphatic carbocycles. The molecule has 1 N–H and O–H groups in total. The van der Waals surface area contributed by atoms with E-state index in [9.17, 15) is 4.79 Å². The van der Waals surface area contributed by atoms with Gasteiger partial charge in [0.25, 0.3) is 5.91 Å². The highest BCUT2D eigenvalue weighted by Gasteiger charge is 2.18. The summed E-state index contributed by atoms with van der Waals surface area (Å²) in [5.41, 5.74) is 3.69. The summed E-state index contributed by atoms with van der Waals surface area (Å²) in [5.74, 6) is 0.542. The van der Waals surface area contributed by atoms with Crippen molar-refractivity contribution in [1.82, 2.24) is 0 Å². The van der Waals surface area contributed by atoms with Crippen LogP contribution in [0, 0.1) is 0 Å². The molecule has 4 rings (SSSR count). The lowest BCUT2D eigenvalue weighted by Gasteiger charge is -2.35. The van der Waals surface area contributed by atoms with Crippen molar-refractivity contribution in [3.8, 4) is 5.75 Å². The fourth-order valence-electron chi connectivity index (χ4n) is 3.89. The molecule has 0 radical (unpaired) electrons. The van der Waals surface area contributed by atoms with Gasteiger partial charge in [0.2, 0.25) is 0 Å². The van der Waals surface area contributed by atoms with Gasteiger partial charge >= 0.3 is 0 Å². The first-order valence-corrected chi connectivity index (χ1v) is 10.6. The van der Waals surface area contributed by atoms with Crippen LogP contribution in [0.15, 0.2) is 78.9 Å². The molecule has 0 bridgehead atoms. The minimum absolute atomic E-state index is 0.140. The van der Waals surface area contributed by atoms with Crippen LogP contribution in [0.25, 0.3) is 0 Å². The van der Waals surface area contributed by atoms with Crippen molar-refractivity contribution in [2.45, 2.75) is 38.8 Å². The number of carbonyl (C=O) groups is 1. The molecule has 0 spiro atoms. The van der Waals surface area contributed by atoms with E-state index in [0.717, 1.165) is 17.8 Å². The second kappa shape index (κ2) is 9.49. The predicted octanol–water partition coefficient (Wildman–Crippen LogP) is 5.90. The van der Waals surface area contributed by atoms with Crippen LogP contribution in [-0.2, 0) is 6.61 Å². The van der Waals surface area contributed by atoms with Gasteiger partial charge in [0.15, 0.2) is 0 Å². The maximum Gasteiger partial charge on any atom is 0.255 e. The number of carbonyl (C=O) groups excluding carboxylic acids is 1. The van der Waals surface area contributed by atoms with Crippen molar-refractivity contribution in [2.75, 3.05) is 16.8 Å². The maximum atomic E-state index is 12.7. The minimum atomic E-state index is -0.140. The molecule has 0 aromatic heterocycles. The Bertz CT molecular complexity index is 970. The van der Waals surface area contributed by atoms with Gasteiger partial charge in [-0.15, -0.1) is 0 Å². The van der Waals surface area contributed by atoms with Crippen LogP contribution in [0.2, 0.25) is 0 Å². The van der Waals surface area contributed by atoms with Crippen molar-refractivity contribution in [2.24, 2.45) is 0 Å². The standard InChI is InChI=1S/C26H28N2O2/c1-20-8-5-6-17-28(20)24-15-13-23(14-16-24)27-26(29)22-11-7-12-25(18-22)30-19-21-9-3-2-4-10-21/h2-4,7,9-16,18,20H,5-6,8,17,19H2,1H3,(H,27,29)/t20-/m1/s1. The van der Waals surface area contributed by atoms with Crippen molar-refractivity contribution < 1.29 is 9.53 Å². The molecule has 1 aliphatic rings. The fourth-order valence-corrected chi connectivity index (χ4v) is 3.89. The summed E-state index contributed by atoms with van der Waals surface area (Å²) in [6.07, 6.45) is 3.78. The number of piperidine rings is 1. The van der Waals surface area contributed by atoms with Gasteiger partial charge in [0, 0.05) is 29.5 Å². The summed E-state index contributed by atoms with van der Waals surface area (Å²) in [5, 5.41) is 2.99. The Balaban J connectivity index is 1.37. The lowest BCUT2D eigenvalue weighted by molar-refractivity contribution is 0.102. The summed E-state index contributed by atoms with van der Waals surface area (Å²) in [6.45, 7) is 3.85. The highest BCUT2D eigenvalue weighted by Crippen LogP contribution is 2.26. The highest BCUT2D eigenvalue weighted by molar-refractivity contribution is 6.04. The van der Waals surface area contributed by atoms with E-state index >= 15 is 0 Å². The number of nitrogens with one attached hydrogen (secondary N) is 1. The van der Waals surface area contributed by atoms with Crippen LogP contribution in [0.5, 0.6) is 5.75 Å². The van der Waals surface area contributed by atoms with Crippen LogP contribution in [0.3, 0.4) is 0 Å². The lowest BCUT2D eigenvalue weighted by atomic mass is 10.0. The van der Waals surface area contributed by atoms with Crippen LogP contribution in [0.4, 0.5) is 11.4 Å². The van der Waals surface area contributed by atoms with Gasteiger partial charge in [0.05, 0.1) is 0 Å². The minimum Gasteiger partial charge on any atom is -0.489 e. The topological polar surface area (TPSA) is 41.6 Å². The van der Waals surface area contributed by atoms with Crippen molar-refractivity contribution in [3.05, 3.63) is 90.0 Å². The summed E-state index contributed by atoms with van der Waals surface area (Å²) in [7, 11) is 0. The average molecular weight is 401 g/mol. The van der Waals surface area contributed by atoms with E-state index in [0.29, 0.717) is 24.0 Å². The molecule has 0 unspecified atom stereocenters. The summed E-state index contributed by atoms with van der Waals surface area (Å²) in [4.78, 5) is 15.1. The highest BCUT2D eigenvalue weighted by atomic mass is 16.5. The fraction of sp³-hybridized carbons (Fsp3) is 0.269. The largest absolute Gasteiger partial charge is 0.489 e. The molecule has 1 fully saturated rings. The van der Waals surface area contributed by atoms with Gasteiger partial charge in [0.1, 0.15) is 12.4 Å². The zero-order chi connectivity index (χ0) is 20.8. The number of hydrogen-bond acceptors (Lipinski definition) is 3. The zero-order valence-corrected chi connectivity index (χ0v) is 17.4. The Labute approximate surface area is 178 Å². The van der Waals surface area contributed by atoms with Crippen molar-refractivity contribution in [1.29, 1.82) is 0 Å². The lowest BCUT2D eigenvalue weighted by Crippen LogP contribution is -2.37. The second-order valence-electron chi connectivity index (χ2n) is 7.84. The molecule has 30 heavy (non-hydrogen) atoms. The first kappa shape index (κ1) is 20.0. The smallest absolute Gasteiger partial charge is 0.255 e. The van der Waals surface area contributed by atoms with Crippen LogP contribution >= 0.6 is 0 Å². The molecule has 1 saturated heterocycles. The van der Waals surface area contributed by atoms with Crippen LogP contribution < -0.4 is 15.0 Å². The zero-order valence-electron chi connectivity index (χ0n) is 17.4. The van der Waals surface area contributed by atoms with E-state index in [-0.39, 0.29) is 5.91 Å². The molecular formula is C26H28N2O2. The van der Waals surface area contributed by atoms with Gasteiger partial charge < -0.3 is 15.0 Å². The van der Waals surface area contributed by atoms with Gasteiger partial charge in [-0.1, -0.05) is 36.4 Å². The third-order valence-electron chi connectivity index (χ3n) is 5.60. The summed E-state index contributed by atoms with van der Waals surface area (Å²) < 4.78 is 5.84. The molecule has 4 heteroatoms. The molecule has 1 heterocycles. The SMILES string of the molecule is C[C@@H]1CCCCN1c1ccc(NC(=O)c2cccc(OCc3ccccc3)c2)cc1. The van der Waals surface area contributed by atoms with Crippen LogP contribution in [0.1, 0.15) is 42.1 Å². The number of hydrogen-bond donors (Lipinski definition) is 1. The van der Waals surface area contributed by atoms with Crippen LogP contribution in [-0.4, -0.2) is 18.5 Å². The molecule has 154 valence electrons. The number of benzene rings is 3. The Hall–Kier alpha value is -3.27. The van der Waals surface area contributed by atoms with E-state index in [1.165, 1.54) is 24.9 Å². The molecular weight excluding hydrogens is 372 g/mol. The maximum absolute atomic E-state index is 12.7. The third kappa shape index (κ3) is 5.01. The van der Waals surface area contributed by atoms with Gasteiger partial charge in [-0.25, -0.2) is 0 Å². The van der Waals surface area contributed by atoms with Gasteiger partial charge in [-0.2, -0.15) is 0 Å². The summed E-state index contributed by atoms with van der Waals surface area (Å²) in [6, 6.07) is 26.0. The van der Waals surface area contributed by atoms with Gasteiger partial charge in [-0.3, -0.25) is 4.79 Å².